The van der Waals surface area contributed by atoms with Gasteiger partial charge in [-0.2, -0.15) is 0 Å². The fraction of sp³-hybridized carbons (Fsp3) is 0.900. The van der Waals surface area contributed by atoms with Gasteiger partial charge >= 0.3 is 0 Å². The minimum atomic E-state index is 0.274. The van der Waals surface area contributed by atoms with E-state index in [-0.39, 0.29) is 5.91 Å². The highest BCUT2D eigenvalue weighted by Crippen LogP contribution is 2.23. The zero-order chi connectivity index (χ0) is 11.8. The third-order valence-electron chi connectivity index (χ3n) is 2.21. The predicted octanol–water partition coefficient (Wildman–Crippen LogP) is 2.26. The lowest BCUT2D eigenvalue weighted by atomic mass is 10.2. The highest BCUT2D eigenvalue weighted by molar-refractivity contribution is 14.2. The minimum absolute atomic E-state index is 0.274. The van der Waals surface area contributed by atoms with Gasteiger partial charge < -0.3 is 9.80 Å². The number of carbonyl (C=O) groups excluding carboxylic acids is 1. The van der Waals surface area contributed by atoms with Gasteiger partial charge in [0.15, 0.2) is 0 Å². The van der Waals surface area contributed by atoms with Crippen molar-refractivity contribution in [3.63, 3.8) is 0 Å². The molecule has 0 saturated carbocycles. The summed E-state index contributed by atoms with van der Waals surface area (Å²) in [7, 11) is 5.83. The van der Waals surface area contributed by atoms with E-state index in [0.717, 1.165) is 19.6 Å². The molecule has 0 radical (unpaired) electrons. The second-order valence-corrected chi connectivity index (χ2v) is 6.11. The summed E-state index contributed by atoms with van der Waals surface area (Å²) in [5.41, 5.74) is 0. The molecule has 5 heteroatoms. The fourth-order valence-corrected chi connectivity index (χ4v) is 3.01. The molecular weight excluding hydrogens is 323 g/mol. The van der Waals surface area contributed by atoms with Crippen molar-refractivity contribution in [3.8, 4) is 0 Å². The first kappa shape index (κ1) is 15.5. The van der Waals surface area contributed by atoms with Crippen molar-refractivity contribution in [1.29, 1.82) is 0 Å². The lowest BCUT2D eigenvalue weighted by Crippen LogP contribution is -2.34. The van der Waals surface area contributed by atoms with E-state index in [4.69, 9.17) is 0 Å². The Labute approximate surface area is 110 Å². The Balaban J connectivity index is 4.10. The Morgan fingerprint density at radius 3 is 2.20 bits per heavy atom. The van der Waals surface area contributed by atoms with Crippen molar-refractivity contribution < 1.29 is 4.79 Å². The summed E-state index contributed by atoms with van der Waals surface area (Å²) in [6, 6.07) is 0. The van der Waals surface area contributed by atoms with Gasteiger partial charge in [-0.25, -0.2) is 0 Å². The molecule has 0 fully saturated rings. The van der Waals surface area contributed by atoms with Gasteiger partial charge in [-0.3, -0.25) is 4.79 Å². The highest BCUT2D eigenvalue weighted by Gasteiger charge is 2.17. The molecule has 90 valence electrons. The maximum absolute atomic E-state index is 11.8. The number of hydrogen-bond donors (Lipinski definition) is 0. The summed E-state index contributed by atoms with van der Waals surface area (Å²) < 4.78 is 0. The topological polar surface area (TPSA) is 23.6 Å². The van der Waals surface area contributed by atoms with Crippen LogP contribution in [0.2, 0.25) is 0 Å². The second-order valence-electron chi connectivity index (χ2n) is 3.74. The normalized spacial score (nSPS) is 12.9. The molecule has 15 heavy (non-hydrogen) atoms. The smallest absolute Gasteiger partial charge is 0.223 e. The van der Waals surface area contributed by atoms with Gasteiger partial charge in [0.05, 0.1) is 0 Å². The van der Waals surface area contributed by atoms with Gasteiger partial charge in [-0.15, -0.1) is 0 Å². The Bertz CT molecular complexity index is 186. The van der Waals surface area contributed by atoms with Crippen molar-refractivity contribution >= 4 is 36.0 Å². The molecule has 0 aromatic rings. The monoisotopic (exact) mass is 344 g/mol. The Morgan fingerprint density at radius 1 is 1.33 bits per heavy atom. The van der Waals surface area contributed by atoms with Gasteiger partial charge in [0, 0.05) is 31.3 Å². The minimum Gasteiger partial charge on any atom is -0.343 e. The van der Waals surface area contributed by atoms with Crippen LogP contribution < -0.4 is 0 Å². The largest absolute Gasteiger partial charge is 0.343 e. The van der Waals surface area contributed by atoms with Crippen LogP contribution >= 0.6 is 30.1 Å². The molecule has 0 saturated heterocycles. The number of rotatable bonds is 7. The molecular formula is C10H21IN2OS. The number of amides is 1. The van der Waals surface area contributed by atoms with Gasteiger partial charge in [-0.05, 0) is 49.1 Å². The van der Waals surface area contributed by atoms with E-state index in [2.05, 4.69) is 26.1 Å². The van der Waals surface area contributed by atoms with Crippen LogP contribution in [0, 0.1) is 0 Å². The standard InChI is InChI=1S/C10H21IN2OS/c1-5-13(6-2)10(14)7-9(15-11)8-12(3)4/h9H,5-8H2,1-4H3. The molecule has 0 heterocycles. The zero-order valence-electron chi connectivity index (χ0n) is 9.99. The second kappa shape index (κ2) is 8.64. The molecule has 0 aliphatic heterocycles. The van der Waals surface area contributed by atoms with E-state index >= 15 is 0 Å². The van der Waals surface area contributed by atoms with E-state index < -0.39 is 0 Å². The van der Waals surface area contributed by atoms with Crippen LogP contribution in [0.4, 0.5) is 0 Å². The zero-order valence-corrected chi connectivity index (χ0v) is 13.0. The van der Waals surface area contributed by atoms with E-state index in [9.17, 15) is 4.79 Å². The molecule has 0 rings (SSSR count). The third-order valence-corrected chi connectivity index (χ3v) is 4.94. The van der Waals surface area contributed by atoms with Gasteiger partial charge in [0.1, 0.15) is 0 Å². The molecule has 3 nitrogen and oxygen atoms in total. The van der Waals surface area contributed by atoms with Crippen LogP contribution in [0.1, 0.15) is 20.3 Å². The van der Waals surface area contributed by atoms with E-state index in [1.165, 1.54) is 0 Å². The molecule has 1 atom stereocenters. The van der Waals surface area contributed by atoms with Gasteiger partial charge in [0.2, 0.25) is 5.91 Å². The summed E-state index contributed by atoms with van der Waals surface area (Å²) in [5, 5.41) is 0.397. The number of hydrogen-bond acceptors (Lipinski definition) is 3. The van der Waals surface area contributed by atoms with Crippen molar-refractivity contribution in [2.24, 2.45) is 0 Å². The molecule has 0 aliphatic carbocycles. The van der Waals surface area contributed by atoms with Crippen molar-refractivity contribution in [2.75, 3.05) is 33.7 Å². The average Bonchev–Trinajstić information content (AvgIpc) is 2.17. The molecule has 0 N–H and O–H groups in total. The number of nitrogens with zero attached hydrogens (tertiary/aromatic N) is 2. The summed E-state index contributed by atoms with van der Waals surface area (Å²) in [4.78, 5) is 15.9. The summed E-state index contributed by atoms with van der Waals surface area (Å²) in [6.45, 7) is 6.64. The van der Waals surface area contributed by atoms with Gasteiger partial charge in [0.25, 0.3) is 0 Å². The first-order valence-corrected chi connectivity index (χ1v) is 8.67. The van der Waals surface area contributed by atoms with Crippen LogP contribution in [0.5, 0.6) is 0 Å². The van der Waals surface area contributed by atoms with E-state index in [1.54, 1.807) is 8.93 Å². The van der Waals surface area contributed by atoms with Crippen LogP contribution in [0.15, 0.2) is 0 Å². The van der Waals surface area contributed by atoms with Crippen LogP contribution in [0.25, 0.3) is 0 Å². The van der Waals surface area contributed by atoms with Gasteiger partial charge in [-0.1, -0.05) is 8.93 Å². The maximum Gasteiger partial charge on any atom is 0.223 e. The molecule has 0 aromatic heterocycles. The van der Waals surface area contributed by atoms with Crippen molar-refractivity contribution in [2.45, 2.75) is 25.5 Å². The molecule has 0 aliphatic rings. The number of halogens is 1. The first-order chi connectivity index (χ1) is 7.04. The van der Waals surface area contributed by atoms with E-state index in [1.807, 2.05) is 32.8 Å². The summed E-state index contributed by atoms with van der Waals surface area (Å²) >= 11 is 2.28. The lowest BCUT2D eigenvalue weighted by molar-refractivity contribution is -0.130. The summed E-state index contributed by atoms with van der Waals surface area (Å²) in [5.74, 6) is 0.274. The molecule has 1 amide bonds. The molecule has 0 spiro atoms. The predicted molar refractivity (Wildman–Crippen MR) is 76.5 cm³/mol. The third kappa shape index (κ3) is 6.63. The molecule has 1 unspecified atom stereocenters. The quantitative estimate of drug-likeness (QED) is 0.662. The van der Waals surface area contributed by atoms with Crippen LogP contribution in [0.3, 0.4) is 0 Å². The Hall–Kier alpha value is 0.510. The van der Waals surface area contributed by atoms with Crippen molar-refractivity contribution in [1.82, 2.24) is 9.80 Å². The number of carbonyl (C=O) groups is 1. The average molecular weight is 344 g/mol. The van der Waals surface area contributed by atoms with E-state index in [0.29, 0.717) is 11.7 Å². The van der Waals surface area contributed by atoms with Crippen LogP contribution in [-0.4, -0.2) is 54.7 Å². The first-order valence-electron chi connectivity index (χ1n) is 5.25. The SMILES string of the molecule is CCN(CC)C(=O)CC(CN(C)C)SI. The van der Waals surface area contributed by atoms with Crippen LogP contribution in [-0.2, 0) is 4.79 Å². The highest BCUT2D eigenvalue weighted by atomic mass is 127. The maximum atomic E-state index is 11.8. The fourth-order valence-electron chi connectivity index (χ4n) is 1.43. The lowest BCUT2D eigenvalue weighted by Gasteiger charge is -2.23. The summed E-state index contributed by atoms with van der Waals surface area (Å²) in [6.07, 6.45) is 0.646. The Morgan fingerprint density at radius 2 is 1.87 bits per heavy atom. The molecule has 0 bridgehead atoms. The molecule has 0 aromatic carbocycles. The van der Waals surface area contributed by atoms with Crippen molar-refractivity contribution in [3.05, 3.63) is 0 Å². The Kier molecular flexibility index (Phi) is 8.93.